The summed E-state index contributed by atoms with van der Waals surface area (Å²) >= 11 is 7.15. The summed E-state index contributed by atoms with van der Waals surface area (Å²) in [5.74, 6) is -0.162. The minimum Gasteiger partial charge on any atom is -0.391 e. The van der Waals surface area contributed by atoms with E-state index < -0.39 is 21.2 Å². The van der Waals surface area contributed by atoms with Gasteiger partial charge in [-0.2, -0.15) is 0 Å². The summed E-state index contributed by atoms with van der Waals surface area (Å²) in [6, 6.07) is 4.92. The highest BCUT2D eigenvalue weighted by Gasteiger charge is 2.38. The molecule has 2 heterocycles. The monoisotopic (exact) mass is 402 g/mol. The van der Waals surface area contributed by atoms with E-state index in [9.17, 15) is 18.3 Å². The maximum absolute atomic E-state index is 12.9. The first-order chi connectivity index (χ1) is 11.7. The van der Waals surface area contributed by atoms with E-state index in [1.807, 2.05) is 13.8 Å². The molecule has 2 aromatic rings. The molecule has 6 nitrogen and oxygen atoms in total. The van der Waals surface area contributed by atoms with E-state index in [-0.39, 0.29) is 23.0 Å². The number of rotatable bonds is 4. The molecule has 0 radical (unpaired) electrons. The Hall–Kier alpha value is -1.09. The first kappa shape index (κ1) is 18.7. The smallest absolute Gasteiger partial charge is 0.262 e. The van der Waals surface area contributed by atoms with Gasteiger partial charge < -0.3 is 5.11 Å². The molecule has 0 bridgehead atoms. The summed E-state index contributed by atoms with van der Waals surface area (Å²) in [6.45, 7) is 4.42. The molecule has 1 aromatic heterocycles. The van der Waals surface area contributed by atoms with E-state index in [0.29, 0.717) is 27.6 Å². The predicted molar refractivity (Wildman–Crippen MR) is 100 cm³/mol. The van der Waals surface area contributed by atoms with Crippen molar-refractivity contribution < 1.29 is 13.5 Å². The van der Waals surface area contributed by atoms with Crippen molar-refractivity contribution >= 4 is 44.1 Å². The number of hydrogen-bond donors (Lipinski definition) is 1. The Morgan fingerprint density at radius 3 is 2.72 bits per heavy atom. The maximum Gasteiger partial charge on any atom is 0.262 e. The van der Waals surface area contributed by atoms with Gasteiger partial charge in [-0.1, -0.05) is 37.2 Å². The van der Waals surface area contributed by atoms with Gasteiger partial charge in [0.2, 0.25) is 0 Å². The van der Waals surface area contributed by atoms with Crippen LogP contribution in [0.25, 0.3) is 10.9 Å². The number of fused-ring (bicyclic) bond motifs is 1. The Morgan fingerprint density at radius 2 is 2.12 bits per heavy atom. The molecule has 1 saturated heterocycles. The predicted octanol–water partition coefficient (Wildman–Crippen LogP) is 1.96. The van der Waals surface area contributed by atoms with Crippen LogP contribution in [0.5, 0.6) is 0 Å². The molecule has 1 aliphatic rings. The third-order valence-corrected chi connectivity index (χ3v) is 7.43. The van der Waals surface area contributed by atoms with Crippen LogP contribution in [0, 0.1) is 5.92 Å². The molecule has 0 aliphatic carbocycles. The zero-order chi connectivity index (χ0) is 18.4. The Labute approximate surface area is 155 Å². The summed E-state index contributed by atoms with van der Waals surface area (Å²) in [6.07, 6.45) is -0.958. The molecule has 25 heavy (non-hydrogen) atoms. The average molecular weight is 403 g/mol. The lowest BCUT2D eigenvalue weighted by molar-refractivity contribution is 0.207. The van der Waals surface area contributed by atoms with Crippen molar-refractivity contribution in [2.45, 2.75) is 36.9 Å². The van der Waals surface area contributed by atoms with Crippen LogP contribution in [0.3, 0.4) is 0 Å². The van der Waals surface area contributed by atoms with E-state index in [2.05, 4.69) is 4.98 Å². The number of thioether (sulfide) groups is 1. The highest BCUT2D eigenvalue weighted by molar-refractivity contribution is 8.01. The molecule has 1 fully saturated rings. The van der Waals surface area contributed by atoms with Crippen molar-refractivity contribution in [3.8, 4) is 0 Å². The fourth-order valence-electron chi connectivity index (χ4n) is 2.83. The summed E-state index contributed by atoms with van der Waals surface area (Å²) < 4.78 is 25.0. The molecule has 9 heteroatoms. The third kappa shape index (κ3) is 4.02. The van der Waals surface area contributed by atoms with E-state index in [1.54, 1.807) is 22.8 Å². The lowest BCUT2D eigenvalue weighted by Crippen LogP contribution is -2.28. The summed E-state index contributed by atoms with van der Waals surface area (Å²) in [5, 5.41) is 10.8. The Morgan fingerprint density at radius 1 is 1.40 bits per heavy atom. The SMILES string of the molecule is CC(C)Cn1c(S[C@@H]2CS(=O)(=O)C[C@H]2O)nc2ccc(Cl)cc2c1=O. The second kappa shape index (κ2) is 6.90. The van der Waals surface area contributed by atoms with Crippen molar-refractivity contribution in [1.82, 2.24) is 9.55 Å². The van der Waals surface area contributed by atoms with E-state index in [0.717, 1.165) is 11.8 Å². The van der Waals surface area contributed by atoms with Crippen LogP contribution in [0.15, 0.2) is 28.2 Å². The van der Waals surface area contributed by atoms with Crippen LogP contribution in [0.2, 0.25) is 5.02 Å². The van der Waals surface area contributed by atoms with Crippen molar-refractivity contribution in [3.05, 3.63) is 33.6 Å². The van der Waals surface area contributed by atoms with Crippen molar-refractivity contribution in [1.29, 1.82) is 0 Å². The van der Waals surface area contributed by atoms with E-state index in [4.69, 9.17) is 11.6 Å². The van der Waals surface area contributed by atoms with Crippen LogP contribution >= 0.6 is 23.4 Å². The number of hydrogen-bond acceptors (Lipinski definition) is 6. The van der Waals surface area contributed by atoms with Crippen LogP contribution in [-0.2, 0) is 16.4 Å². The second-order valence-corrected chi connectivity index (χ2v) is 10.5. The minimum atomic E-state index is -3.26. The van der Waals surface area contributed by atoms with Gasteiger partial charge in [-0.3, -0.25) is 9.36 Å². The highest BCUT2D eigenvalue weighted by atomic mass is 35.5. The molecule has 136 valence electrons. The molecular weight excluding hydrogens is 384 g/mol. The summed E-state index contributed by atoms with van der Waals surface area (Å²) in [5.41, 5.74) is 0.297. The second-order valence-electron chi connectivity index (χ2n) is 6.67. The number of aliphatic hydroxyl groups excluding tert-OH is 1. The van der Waals surface area contributed by atoms with Gasteiger partial charge in [-0.05, 0) is 24.1 Å². The molecule has 2 atom stereocenters. The Kier molecular flexibility index (Phi) is 5.16. The Balaban J connectivity index is 2.09. The van der Waals surface area contributed by atoms with E-state index >= 15 is 0 Å². The molecule has 1 N–H and O–H groups in total. The van der Waals surface area contributed by atoms with Gasteiger partial charge in [-0.15, -0.1) is 0 Å². The fourth-order valence-corrected chi connectivity index (χ4v) is 6.59. The van der Waals surface area contributed by atoms with E-state index in [1.165, 1.54) is 0 Å². The lowest BCUT2D eigenvalue weighted by atomic mass is 10.2. The molecule has 0 saturated carbocycles. The van der Waals surface area contributed by atoms with Crippen molar-refractivity contribution in [2.24, 2.45) is 5.92 Å². The number of sulfone groups is 1. The average Bonchev–Trinajstić information content (AvgIpc) is 2.76. The number of nitrogens with zero attached hydrogens (tertiary/aromatic N) is 2. The standard InChI is InChI=1S/C16H19ClN2O4S2/c1-9(2)6-19-15(21)11-5-10(17)3-4-12(11)18-16(19)24-14-8-25(22,23)7-13(14)20/h3-5,9,13-14,20H,6-8H2,1-2H3/t13-,14-/m1/s1. The van der Waals surface area contributed by atoms with Gasteiger partial charge >= 0.3 is 0 Å². The fraction of sp³-hybridized carbons (Fsp3) is 0.500. The van der Waals surface area contributed by atoms with Crippen LogP contribution in [-0.4, -0.2) is 45.9 Å². The molecule has 1 aromatic carbocycles. The minimum absolute atomic E-state index is 0.116. The first-order valence-corrected chi connectivity index (χ1v) is 11.0. The van der Waals surface area contributed by atoms with Gasteiger partial charge in [0, 0.05) is 11.6 Å². The molecular formula is C16H19ClN2O4S2. The van der Waals surface area contributed by atoms with Crippen LogP contribution in [0.1, 0.15) is 13.8 Å². The van der Waals surface area contributed by atoms with Gasteiger partial charge in [0.15, 0.2) is 15.0 Å². The molecule has 0 spiro atoms. The normalized spacial score (nSPS) is 22.8. The van der Waals surface area contributed by atoms with Gasteiger partial charge in [0.25, 0.3) is 5.56 Å². The highest BCUT2D eigenvalue weighted by Crippen LogP contribution is 2.31. The molecule has 3 rings (SSSR count). The number of aromatic nitrogens is 2. The van der Waals surface area contributed by atoms with Gasteiger partial charge in [-0.25, -0.2) is 13.4 Å². The number of halogens is 1. The van der Waals surface area contributed by atoms with Crippen LogP contribution in [0.4, 0.5) is 0 Å². The topological polar surface area (TPSA) is 89.3 Å². The quantitative estimate of drug-likeness (QED) is 0.786. The maximum atomic E-state index is 12.9. The van der Waals surface area contributed by atoms with Gasteiger partial charge in [0.1, 0.15) is 0 Å². The van der Waals surface area contributed by atoms with Crippen molar-refractivity contribution in [2.75, 3.05) is 11.5 Å². The lowest BCUT2D eigenvalue weighted by Gasteiger charge is -2.18. The first-order valence-electron chi connectivity index (χ1n) is 7.91. The summed E-state index contributed by atoms with van der Waals surface area (Å²) in [7, 11) is -3.26. The summed E-state index contributed by atoms with van der Waals surface area (Å²) in [4.78, 5) is 17.4. The van der Waals surface area contributed by atoms with Crippen LogP contribution < -0.4 is 5.56 Å². The van der Waals surface area contributed by atoms with Gasteiger partial charge in [0.05, 0.1) is 33.8 Å². The third-order valence-electron chi connectivity index (χ3n) is 3.96. The Bertz CT molecular complexity index is 972. The molecule has 0 amide bonds. The molecule has 0 unspecified atom stereocenters. The largest absolute Gasteiger partial charge is 0.391 e. The zero-order valence-electron chi connectivity index (χ0n) is 13.8. The molecule has 1 aliphatic heterocycles. The number of benzene rings is 1. The zero-order valence-corrected chi connectivity index (χ0v) is 16.2. The van der Waals surface area contributed by atoms with Crippen molar-refractivity contribution in [3.63, 3.8) is 0 Å². The number of aliphatic hydroxyl groups is 1.